The van der Waals surface area contributed by atoms with E-state index in [0.29, 0.717) is 37.8 Å². The fourth-order valence-corrected chi connectivity index (χ4v) is 10.1. The molecule has 0 bridgehead atoms. The summed E-state index contributed by atoms with van der Waals surface area (Å²) in [6.45, 7) is 8.96. The molecule has 62 heavy (non-hydrogen) atoms. The predicted octanol–water partition coefficient (Wildman–Crippen LogP) is 5.15. The number of amides is 5. The van der Waals surface area contributed by atoms with Crippen molar-refractivity contribution in [1.29, 1.82) is 5.26 Å². The topological polar surface area (TPSA) is 159 Å². The molecule has 9 rings (SSSR count). The number of aromatic nitrogens is 1. The van der Waals surface area contributed by atoms with Crippen LogP contribution in [0.15, 0.2) is 48.7 Å². The second-order valence-corrected chi connectivity index (χ2v) is 17.7. The van der Waals surface area contributed by atoms with Crippen LogP contribution in [0.4, 0.5) is 24.5 Å². The maximum Gasteiger partial charge on any atom is 0.419 e. The van der Waals surface area contributed by atoms with Gasteiger partial charge in [0, 0.05) is 81.8 Å². The normalized spacial score (nSPS) is 24.2. The fraction of sp³-hybridized carbons (Fsp3) is 0.489. The molecular formula is C45H47F3N8O6. The Morgan fingerprint density at radius 2 is 1.48 bits per heavy atom. The van der Waals surface area contributed by atoms with Crippen LogP contribution in [0.3, 0.4) is 0 Å². The Labute approximate surface area is 356 Å². The summed E-state index contributed by atoms with van der Waals surface area (Å²) < 4.78 is 46.2. The number of benzene rings is 2. The first-order valence-corrected chi connectivity index (χ1v) is 21.3. The number of alkyl halides is 3. The number of piperidine rings is 2. The number of carbonyl (C=O) groups is 5. The lowest BCUT2D eigenvalue weighted by atomic mass is 9.79. The van der Waals surface area contributed by atoms with Crippen LogP contribution in [0.5, 0.6) is 5.75 Å². The molecular weight excluding hydrogens is 806 g/mol. The number of hydrogen-bond acceptors (Lipinski definition) is 11. The Morgan fingerprint density at radius 1 is 0.823 bits per heavy atom. The molecule has 2 aromatic carbocycles. The molecule has 0 spiro atoms. The number of ether oxygens (including phenoxy) is 1. The summed E-state index contributed by atoms with van der Waals surface area (Å²) >= 11 is 0. The molecule has 6 aliphatic rings. The number of imide groups is 2. The van der Waals surface area contributed by atoms with Crippen molar-refractivity contribution in [3.05, 3.63) is 82.2 Å². The average Bonchev–Trinajstić information content (AvgIpc) is 3.72. The van der Waals surface area contributed by atoms with Crippen molar-refractivity contribution in [3.8, 4) is 11.8 Å². The summed E-state index contributed by atoms with van der Waals surface area (Å²) in [5, 5.41) is 11.3. The van der Waals surface area contributed by atoms with E-state index in [2.05, 4.69) is 38.0 Å². The Morgan fingerprint density at radius 3 is 2.16 bits per heavy atom. The highest BCUT2D eigenvalue weighted by Crippen LogP contribution is 2.39. The Hall–Kier alpha value is -6.02. The lowest BCUT2D eigenvalue weighted by Crippen LogP contribution is -2.54. The van der Waals surface area contributed by atoms with Crippen molar-refractivity contribution >= 4 is 40.9 Å². The minimum Gasteiger partial charge on any atom is -0.489 e. The molecule has 6 heterocycles. The van der Waals surface area contributed by atoms with Crippen LogP contribution in [0.25, 0.3) is 0 Å². The van der Waals surface area contributed by atoms with Gasteiger partial charge in [0.2, 0.25) is 11.8 Å². The van der Waals surface area contributed by atoms with Gasteiger partial charge in [-0.2, -0.15) is 18.4 Å². The van der Waals surface area contributed by atoms with Crippen molar-refractivity contribution in [2.75, 3.05) is 55.6 Å². The van der Waals surface area contributed by atoms with Gasteiger partial charge in [-0.05, 0) is 98.4 Å². The van der Waals surface area contributed by atoms with Gasteiger partial charge in [-0.3, -0.25) is 39.1 Å². The number of pyridine rings is 1. The zero-order valence-electron chi connectivity index (χ0n) is 34.4. The van der Waals surface area contributed by atoms with Gasteiger partial charge >= 0.3 is 6.18 Å². The number of piperazine rings is 1. The molecule has 1 N–H and O–H groups in total. The summed E-state index contributed by atoms with van der Waals surface area (Å²) in [5.74, 6) is -2.06. The zero-order chi connectivity index (χ0) is 43.5. The van der Waals surface area contributed by atoms with Crippen LogP contribution in [-0.4, -0.2) is 113 Å². The molecule has 14 nitrogen and oxygen atoms in total. The highest BCUT2D eigenvalue weighted by molar-refractivity contribution is 6.23. The predicted molar refractivity (Wildman–Crippen MR) is 218 cm³/mol. The van der Waals surface area contributed by atoms with Crippen molar-refractivity contribution in [2.45, 2.75) is 89.2 Å². The van der Waals surface area contributed by atoms with E-state index in [-0.39, 0.29) is 53.2 Å². The molecule has 1 aromatic heterocycles. The van der Waals surface area contributed by atoms with Crippen LogP contribution in [0.2, 0.25) is 0 Å². The smallest absolute Gasteiger partial charge is 0.419 e. The number of nitrogens with zero attached hydrogens (tertiary/aromatic N) is 7. The number of halogens is 3. The van der Waals surface area contributed by atoms with Crippen LogP contribution in [0, 0.1) is 16.7 Å². The van der Waals surface area contributed by atoms with Gasteiger partial charge in [0.25, 0.3) is 17.7 Å². The third-order valence-electron chi connectivity index (χ3n) is 13.7. The minimum atomic E-state index is -4.72. The molecule has 1 unspecified atom stereocenters. The fourth-order valence-electron chi connectivity index (χ4n) is 10.1. The summed E-state index contributed by atoms with van der Waals surface area (Å²) in [6.07, 6.45) is 0.715. The Kier molecular flexibility index (Phi) is 10.7. The van der Waals surface area contributed by atoms with Crippen molar-refractivity contribution in [2.24, 2.45) is 5.41 Å². The highest BCUT2D eigenvalue weighted by Gasteiger charge is 2.45. The maximum atomic E-state index is 13.5. The number of rotatable bonds is 8. The van der Waals surface area contributed by atoms with E-state index < -0.39 is 47.1 Å². The van der Waals surface area contributed by atoms with Crippen LogP contribution in [-0.2, 0) is 22.3 Å². The van der Waals surface area contributed by atoms with Crippen LogP contribution >= 0.6 is 0 Å². The molecule has 5 amide bonds. The highest BCUT2D eigenvalue weighted by atomic mass is 19.4. The van der Waals surface area contributed by atoms with Gasteiger partial charge in [-0.25, -0.2) is 4.98 Å². The summed E-state index contributed by atoms with van der Waals surface area (Å²) in [4.78, 5) is 78.0. The molecule has 5 aliphatic heterocycles. The van der Waals surface area contributed by atoms with E-state index in [0.717, 1.165) is 92.8 Å². The number of nitrogens with one attached hydrogen (secondary N) is 1. The summed E-state index contributed by atoms with van der Waals surface area (Å²) in [6, 6.07) is 12.7. The standard InChI is InChI=1S/C45H47F3N8O6/c1-44(12-14-53(15-13-44)30-5-9-34-35(21-30)43(61)56(42(34)60)38-10-11-39(57)51-40(38)58)26-52-16-18-54(19-17-52)29-4-8-33-27(20-29)25-55(41(33)59)28-2-6-31(7-3-28)62-32-22-36(45(46,47)48)37(23-49)50-24-32/h4-5,8-9,20-22,24,28,31,38H,2-3,6-7,10-19,25-26H2,1H3,(H,51,57,58). The van der Waals surface area contributed by atoms with Gasteiger partial charge in [0.05, 0.1) is 29.0 Å². The molecule has 1 atom stereocenters. The largest absolute Gasteiger partial charge is 0.489 e. The maximum absolute atomic E-state index is 13.5. The molecule has 1 aliphatic carbocycles. The van der Waals surface area contributed by atoms with Crippen molar-refractivity contribution in [1.82, 2.24) is 25.0 Å². The first kappa shape index (κ1) is 41.3. The first-order chi connectivity index (χ1) is 29.7. The van der Waals surface area contributed by atoms with E-state index in [1.807, 2.05) is 23.1 Å². The lowest BCUT2D eigenvalue weighted by molar-refractivity contribution is -0.138. The molecule has 4 fully saturated rings. The molecule has 1 saturated carbocycles. The van der Waals surface area contributed by atoms with Crippen LogP contribution < -0.4 is 19.9 Å². The first-order valence-electron chi connectivity index (χ1n) is 21.3. The second-order valence-electron chi connectivity index (χ2n) is 17.7. The quantitative estimate of drug-likeness (QED) is 0.299. The lowest BCUT2D eigenvalue weighted by Gasteiger charge is -2.45. The van der Waals surface area contributed by atoms with E-state index in [1.54, 1.807) is 12.1 Å². The van der Waals surface area contributed by atoms with E-state index >= 15 is 0 Å². The van der Waals surface area contributed by atoms with Crippen molar-refractivity contribution in [3.63, 3.8) is 0 Å². The summed E-state index contributed by atoms with van der Waals surface area (Å²) in [7, 11) is 0. The molecule has 0 radical (unpaired) electrons. The molecule has 17 heteroatoms. The summed E-state index contributed by atoms with van der Waals surface area (Å²) in [5.41, 5.74) is 2.54. The second kappa shape index (κ2) is 16.0. The Balaban J connectivity index is 0.742. The molecule has 3 aromatic rings. The molecule has 324 valence electrons. The van der Waals surface area contributed by atoms with Gasteiger partial charge in [-0.15, -0.1) is 0 Å². The van der Waals surface area contributed by atoms with Gasteiger partial charge in [-0.1, -0.05) is 6.92 Å². The van der Waals surface area contributed by atoms with Gasteiger partial charge in [0.1, 0.15) is 17.9 Å². The van der Waals surface area contributed by atoms with Crippen molar-refractivity contribution < 1.29 is 41.9 Å². The number of hydrogen-bond donors (Lipinski definition) is 1. The number of fused-ring (bicyclic) bond motifs is 2. The number of anilines is 2. The third-order valence-corrected chi connectivity index (χ3v) is 13.7. The molecule has 3 saturated heterocycles. The van der Waals surface area contributed by atoms with Gasteiger partial charge < -0.3 is 19.4 Å². The average molecular weight is 853 g/mol. The number of nitriles is 1. The Bertz CT molecular complexity index is 2380. The number of carbonyl (C=O) groups excluding carboxylic acids is 5. The van der Waals surface area contributed by atoms with Gasteiger partial charge in [0.15, 0.2) is 5.69 Å². The monoisotopic (exact) mass is 852 g/mol. The van der Waals surface area contributed by atoms with E-state index in [4.69, 9.17) is 10.00 Å². The SMILES string of the molecule is CC1(CN2CCN(c3ccc4c(c3)CN(C3CCC(Oc5cnc(C#N)c(C(F)(F)F)c5)CC3)C4=O)CC2)CCN(c2ccc3c(c2)C(=O)N(C2CCC(=O)NC2=O)C3=O)CC1. The van der Waals surface area contributed by atoms with E-state index in [1.165, 1.54) is 6.07 Å². The van der Waals surface area contributed by atoms with E-state index in [9.17, 15) is 37.1 Å². The zero-order valence-corrected chi connectivity index (χ0v) is 34.4. The van der Waals surface area contributed by atoms with Crippen LogP contribution in [0.1, 0.15) is 106 Å². The minimum absolute atomic E-state index is 0.000838. The third kappa shape index (κ3) is 7.84.